The van der Waals surface area contributed by atoms with Crippen molar-refractivity contribution >= 4 is 29.1 Å². The van der Waals surface area contributed by atoms with E-state index in [2.05, 4.69) is 0 Å². The molecule has 0 aromatic heterocycles. The van der Waals surface area contributed by atoms with Crippen LogP contribution in [0.4, 0.5) is 0 Å². The Morgan fingerprint density at radius 3 is 2.67 bits per heavy atom. The molecule has 0 unspecified atom stereocenters. The monoisotopic (exact) mass is 318 g/mol. The average molecular weight is 319 g/mol. The van der Waals surface area contributed by atoms with Crippen LogP contribution in [-0.4, -0.2) is 17.9 Å². The van der Waals surface area contributed by atoms with Crippen molar-refractivity contribution in [2.24, 2.45) is 0 Å². The number of nitriles is 1. The number of benzene rings is 2. The Balaban J connectivity index is 2.17. The Bertz CT molecular complexity index is 722. The largest absolute Gasteiger partial charge is 0.337 e. The third-order valence-corrected chi connectivity index (χ3v) is 3.59. The Morgan fingerprint density at radius 2 is 2.00 bits per heavy atom. The van der Waals surface area contributed by atoms with E-state index < -0.39 is 0 Å². The van der Waals surface area contributed by atoms with Crippen LogP contribution < -0.4 is 0 Å². The molecule has 2 rings (SSSR count). The van der Waals surface area contributed by atoms with Crippen LogP contribution in [0.2, 0.25) is 10.0 Å². The average Bonchev–Trinajstić information content (AvgIpc) is 2.49. The number of halogens is 2. The van der Waals surface area contributed by atoms with E-state index in [-0.39, 0.29) is 5.91 Å². The van der Waals surface area contributed by atoms with Crippen molar-refractivity contribution < 1.29 is 4.79 Å². The molecule has 2 aromatic rings. The van der Waals surface area contributed by atoms with Crippen LogP contribution in [0, 0.1) is 11.3 Å². The van der Waals surface area contributed by atoms with Crippen LogP contribution in [0.3, 0.4) is 0 Å². The van der Waals surface area contributed by atoms with Crippen LogP contribution in [0.15, 0.2) is 42.5 Å². The lowest BCUT2D eigenvalue weighted by Crippen LogP contribution is -2.26. The van der Waals surface area contributed by atoms with Gasteiger partial charge in [-0.2, -0.15) is 5.26 Å². The topological polar surface area (TPSA) is 44.1 Å². The van der Waals surface area contributed by atoms with Gasteiger partial charge in [0.2, 0.25) is 0 Å². The van der Waals surface area contributed by atoms with Crippen molar-refractivity contribution in [3.63, 3.8) is 0 Å². The zero-order valence-electron chi connectivity index (χ0n) is 11.3. The van der Waals surface area contributed by atoms with Gasteiger partial charge in [0, 0.05) is 29.2 Å². The molecule has 21 heavy (non-hydrogen) atoms. The van der Waals surface area contributed by atoms with Gasteiger partial charge in [0.05, 0.1) is 11.6 Å². The summed E-state index contributed by atoms with van der Waals surface area (Å²) in [5.74, 6) is -0.168. The van der Waals surface area contributed by atoms with Crippen LogP contribution in [0.25, 0.3) is 0 Å². The highest BCUT2D eigenvalue weighted by Crippen LogP contribution is 2.22. The normalized spacial score (nSPS) is 10.0. The van der Waals surface area contributed by atoms with Crippen molar-refractivity contribution in [1.29, 1.82) is 5.26 Å². The maximum Gasteiger partial charge on any atom is 0.253 e. The summed E-state index contributed by atoms with van der Waals surface area (Å²) in [7, 11) is 1.69. The van der Waals surface area contributed by atoms with Gasteiger partial charge in [-0.1, -0.05) is 35.3 Å². The van der Waals surface area contributed by atoms with Gasteiger partial charge >= 0.3 is 0 Å². The first-order chi connectivity index (χ1) is 10.0. The van der Waals surface area contributed by atoms with Crippen LogP contribution in [0.1, 0.15) is 21.5 Å². The zero-order chi connectivity index (χ0) is 15.4. The van der Waals surface area contributed by atoms with E-state index in [1.165, 1.54) is 0 Å². The van der Waals surface area contributed by atoms with E-state index >= 15 is 0 Å². The fourth-order valence-electron chi connectivity index (χ4n) is 1.92. The summed E-state index contributed by atoms with van der Waals surface area (Å²) < 4.78 is 0. The van der Waals surface area contributed by atoms with Crippen molar-refractivity contribution in [3.8, 4) is 6.07 Å². The summed E-state index contributed by atoms with van der Waals surface area (Å²) in [5, 5.41) is 9.95. The smallest absolute Gasteiger partial charge is 0.253 e. The standard InChI is InChI=1S/C16H12Cl2N2O/c1-20(10-13-5-6-14(17)8-15(13)18)16(21)12-4-2-3-11(7-12)9-19/h2-8H,10H2,1H3. The minimum Gasteiger partial charge on any atom is -0.337 e. The number of carbonyl (C=O) groups excluding carboxylic acids is 1. The highest BCUT2D eigenvalue weighted by molar-refractivity contribution is 6.35. The first kappa shape index (κ1) is 15.4. The molecular formula is C16H12Cl2N2O. The number of hydrogen-bond donors (Lipinski definition) is 0. The van der Waals surface area contributed by atoms with Crippen LogP contribution >= 0.6 is 23.2 Å². The Hall–Kier alpha value is -2.02. The van der Waals surface area contributed by atoms with Gasteiger partial charge in [0.25, 0.3) is 5.91 Å². The lowest BCUT2D eigenvalue weighted by molar-refractivity contribution is 0.0785. The van der Waals surface area contributed by atoms with Gasteiger partial charge in [-0.25, -0.2) is 0 Å². The highest BCUT2D eigenvalue weighted by Gasteiger charge is 2.14. The summed E-state index contributed by atoms with van der Waals surface area (Å²) in [6.07, 6.45) is 0. The minimum absolute atomic E-state index is 0.168. The van der Waals surface area contributed by atoms with Gasteiger partial charge in [-0.15, -0.1) is 0 Å². The molecule has 0 fully saturated rings. The molecule has 0 N–H and O–H groups in total. The van der Waals surface area contributed by atoms with Crippen molar-refractivity contribution in [2.75, 3.05) is 7.05 Å². The number of nitrogens with zero attached hydrogens (tertiary/aromatic N) is 2. The lowest BCUT2D eigenvalue weighted by atomic mass is 10.1. The Labute approximate surface area is 133 Å². The zero-order valence-corrected chi connectivity index (χ0v) is 12.8. The van der Waals surface area contributed by atoms with E-state index in [0.29, 0.717) is 27.7 Å². The molecular weight excluding hydrogens is 307 g/mol. The molecule has 5 heteroatoms. The van der Waals surface area contributed by atoms with Crippen molar-refractivity contribution in [2.45, 2.75) is 6.54 Å². The second-order valence-electron chi connectivity index (χ2n) is 4.59. The summed E-state index contributed by atoms with van der Waals surface area (Å²) in [5.41, 5.74) is 1.74. The molecule has 0 bridgehead atoms. The fourth-order valence-corrected chi connectivity index (χ4v) is 2.39. The van der Waals surface area contributed by atoms with Crippen molar-refractivity contribution in [1.82, 2.24) is 4.90 Å². The number of carbonyl (C=O) groups is 1. The first-order valence-corrected chi connectivity index (χ1v) is 6.96. The highest BCUT2D eigenvalue weighted by atomic mass is 35.5. The molecule has 0 aliphatic carbocycles. The molecule has 0 saturated heterocycles. The third-order valence-electron chi connectivity index (χ3n) is 3.01. The fraction of sp³-hybridized carbons (Fsp3) is 0.125. The predicted molar refractivity (Wildman–Crippen MR) is 83.4 cm³/mol. The molecule has 0 atom stereocenters. The molecule has 106 valence electrons. The van der Waals surface area contributed by atoms with Crippen LogP contribution in [0.5, 0.6) is 0 Å². The maximum absolute atomic E-state index is 12.3. The molecule has 0 aliphatic heterocycles. The molecule has 0 heterocycles. The Kier molecular flexibility index (Phi) is 4.85. The quantitative estimate of drug-likeness (QED) is 0.853. The van der Waals surface area contributed by atoms with Gasteiger partial charge in [-0.3, -0.25) is 4.79 Å². The van der Waals surface area contributed by atoms with Crippen LogP contribution in [-0.2, 0) is 6.54 Å². The maximum atomic E-state index is 12.3. The summed E-state index contributed by atoms with van der Waals surface area (Å²) in [6, 6.07) is 13.8. The van der Waals surface area contributed by atoms with E-state index in [4.69, 9.17) is 28.5 Å². The molecule has 3 nitrogen and oxygen atoms in total. The number of hydrogen-bond acceptors (Lipinski definition) is 2. The van der Waals surface area contributed by atoms with E-state index in [9.17, 15) is 4.79 Å². The van der Waals surface area contributed by atoms with Gasteiger partial charge in [0.15, 0.2) is 0 Å². The van der Waals surface area contributed by atoms with Gasteiger partial charge in [-0.05, 0) is 35.9 Å². The molecule has 0 aliphatic rings. The SMILES string of the molecule is CN(Cc1ccc(Cl)cc1Cl)C(=O)c1cccc(C#N)c1. The third kappa shape index (κ3) is 3.75. The molecule has 1 amide bonds. The molecule has 0 saturated carbocycles. The van der Waals surface area contributed by atoms with Gasteiger partial charge < -0.3 is 4.90 Å². The summed E-state index contributed by atoms with van der Waals surface area (Å²) in [6.45, 7) is 0.367. The van der Waals surface area contributed by atoms with E-state index in [1.807, 2.05) is 6.07 Å². The number of rotatable bonds is 3. The second kappa shape index (κ2) is 6.62. The molecule has 2 aromatic carbocycles. The number of amides is 1. The van der Waals surface area contributed by atoms with Crippen molar-refractivity contribution in [3.05, 3.63) is 69.2 Å². The summed E-state index contributed by atoms with van der Waals surface area (Å²) >= 11 is 12.0. The molecule has 0 radical (unpaired) electrons. The van der Waals surface area contributed by atoms with E-state index in [1.54, 1.807) is 54.4 Å². The molecule has 0 spiro atoms. The minimum atomic E-state index is -0.168. The first-order valence-electron chi connectivity index (χ1n) is 6.21. The predicted octanol–water partition coefficient (Wildman–Crippen LogP) is 4.14. The lowest BCUT2D eigenvalue weighted by Gasteiger charge is -2.18. The Morgan fingerprint density at radius 1 is 1.24 bits per heavy atom. The van der Waals surface area contributed by atoms with Gasteiger partial charge in [0.1, 0.15) is 0 Å². The van der Waals surface area contributed by atoms with E-state index in [0.717, 1.165) is 5.56 Å². The second-order valence-corrected chi connectivity index (χ2v) is 5.43. The summed E-state index contributed by atoms with van der Waals surface area (Å²) in [4.78, 5) is 13.9.